The summed E-state index contributed by atoms with van der Waals surface area (Å²) in [5.74, 6) is -1.16. The molecule has 1 aromatic carbocycles. The van der Waals surface area contributed by atoms with Crippen LogP contribution in [0.4, 0.5) is 18.9 Å². The summed E-state index contributed by atoms with van der Waals surface area (Å²) in [6.45, 7) is 3.81. The lowest BCUT2D eigenvalue weighted by molar-refractivity contribution is -0.145. The van der Waals surface area contributed by atoms with E-state index >= 15 is 0 Å². The van der Waals surface area contributed by atoms with Crippen LogP contribution in [-0.4, -0.2) is 25.1 Å². The van der Waals surface area contributed by atoms with Gasteiger partial charge in [0.25, 0.3) is 0 Å². The third-order valence-electron chi connectivity index (χ3n) is 4.30. The molecule has 0 amide bonds. The summed E-state index contributed by atoms with van der Waals surface area (Å²) in [5, 5.41) is 13.2. The second-order valence-electron chi connectivity index (χ2n) is 6.47. The highest BCUT2D eigenvalue weighted by atomic mass is 32.1. The molecule has 0 aliphatic rings. The Morgan fingerprint density at radius 1 is 1.03 bits per heavy atom. The Labute approximate surface area is 167 Å². The van der Waals surface area contributed by atoms with E-state index in [2.05, 4.69) is 30.5 Å². The number of nitrogens with one attached hydrogen (secondary N) is 1. The highest BCUT2D eigenvalue weighted by molar-refractivity contribution is 7.14. The highest BCUT2D eigenvalue weighted by Crippen LogP contribution is 2.31. The van der Waals surface area contributed by atoms with E-state index in [1.165, 1.54) is 12.4 Å². The molecule has 4 aromatic rings. The molecule has 1 atom stereocenters. The number of aromatic nitrogens is 5. The van der Waals surface area contributed by atoms with E-state index in [9.17, 15) is 13.2 Å². The van der Waals surface area contributed by atoms with Gasteiger partial charge in [-0.3, -0.25) is 0 Å². The molecule has 0 radical (unpaired) electrons. The first-order valence-corrected chi connectivity index (χ1v) is 9.47. The van der Waals surface area contributed by atoms with Crippen LogP contribution in [0.1, 0.15) is 29.2 Å². The van der Waals surface area contributed by atoms with E-state index in [4.69, 9.17) is 0 Å². The predicted octanol–water partition coefficient (Wildman–Crippen LogP) is 5.04. The van der Waals surface area contributed by atoms with Crippen LogP contribution in [0.25, 0.3) is 21.5 Å². The van der Waals surface area contributed by atoms with Crippen LogP contribution in [0.3, 0.4) is 0 Å². The van der Waals surface area contributed by atoms with Gasteiger partial charge in [0, 0.05) is 40.0 Å². The fourth-order valence-corrected chi connectivity index (χ4v) is 3.58. The first kappa shape index (κ1) is 19.2. The monoisotopic (exact) mass is 416 g/mol. The van der Waals surface area contributed by atoms with Gasteiger partial charge >= 0.3 is 6.18 Å². The molecule has 0 aliphatic heterocycles. The Balaban J connectivity index is 1.64. The fraction of sp³-hybridized carbons (Fsp3) is 0.211. The SMILES string of the molecule is Cc1cnc(-c2ccc3nncc(N[C@H](C)c4cnc(C(F)(F)F)nc4)c3c2)s1. The van der Waals surface area contributed by atoms with Gasteiger partial charge in [-0.1, -0.05) is 0 Å². The smallest absolute Gasteiger partial charge is 0.377 e. The van der Waals surface area contributed by atoms with Crippen LogP contribution in [0.15, 0.2) is 43.0 Å². The molecule has 3 aromatic heterocycles. The first-order chi connectivity index (χ1) is 13.8. The molecular weight excluding hydrogens is 401 g/mol. The molecule has 148 valence electrons. The standard InChI is InChI=1S/C19H15F3N6S/c1-10-6-23-17(29-10)12-3-4-15-14(5-12)16(9-26-28-15)27-11(2)13-7-24-18(25-8-13)19(20,21)22/h3-9,11H,1-2H3,(H,27,28)/t11-/m1/s1. The highest BCUT2D eigenvalue weighted by Gasteiger charge is 2.34. The molecule has 4 rings (SSSR count). The van der Waals surface area contributed by atoms with Crippen molar-refractivity contribution in [3.05, 3.63) is 59.3 Å². The van der Waals surface area contributed by atoms with E-state index in [-0.39, 0.29) is 6.04 Å². The van der Waals surface area contributed by atoms with Crippen molar-refractivity contribution in [2.24, 2.45) is 0 Å². The van der Waals surface area contributed by atoms with Gasteiger partial charge in [-0.2, -0.15) is 23.4 Å². The Morgan fingerprint density at radius 2 is 1.79 bits per heavy atom. The Hall–Kier alpha value is -3.14. The molecule has 29 heavy (non-hydrogen) atoms. The van der Waals surface area contributed by atoms with Crippen molar-refractivity contribution >= 4 is 27.9 Å². The largest absolute Gasteiger partial charge is 0.451 e. The molecule has 1 N–H and O–H groups in total. The van der Waals surface area contributed by atoms with Crippen molar-refractivity contribution in [2.75, 3.05) is 5.32 Å². The second kappa shape index (κ2) is 7.36. The molecule has 0 bridgehead atoms. The number of halogens is 3. The summed E-state index contributed by atoms with van der Waals surface area (Å²) in [7, 11) is 0. The minimum absolute atomic E-state index is 0.338. The molecule has 0 fully saturated rings. The summed E-state index contributed by atoms with van der Waals surface area (Å²) in [5.41, 5.74) is 2.88. The van der Waals surface area contributed by atoms with Crippen LogP contribution in [-0.2, 0) is 6.18 Å². The molecule has 0 aliphatic carbocycles. The lowest BCUT2D eigenvalue weighted by atomic mass is 10.1. The van der Waals surface area contributed by atoms with Crippen molar-refractivity contribution in [3.63, 3.8) is 0 Å². The van der Waals surface area contributed by atoms with Crippen LogP contribution in [0, 0.1) is 6.92 Å². The average Bonchev–Trinajstić information content (AvgIpc) is 3.14. The van der Waals surface area contributed by atoms with Crippen molar-refractivity contribution in [1.29, 1.82) is 0 Å². The minimum Gasteiger partial charge on any atom is -0.377 e. The number of benzene rings is 1. The topological polar surface area (TPSA) is 76.5 Å². The van der Waals surface area contributed by atoms with Gasteiger partial charge in [-0.25, -0.2) is 15.0 Å². The number of aryl methyl sites for hydroxylation is 1. The zero-order valence-corrected chi connectivity index (χ0v) is 16.2. The fourth-order valence-electron chi connectivity index (χ4n) is 2.82. The van der Waals surface area contributed by atoms with Crippen LogP contribution in [0.2, 0.25) is 0 Å². The number of anilines is 1. The average molecular weight is 416 g/mol. The number of fused-ring (bicyclic) bond motifs is 1. The summed E-state index contributed by atoms with van der Waals surface area (Å²) < 4.78 is 38.0. The molecule has 0 saturated carbocycles. The van der Waals surface area contributed by atoms with E-state index in [0.717, 1.165) is 20.8 Å². The molecule has 3 heterocycles. The van der Waals surface area contributed by atoms with Crippen molar-refractivity contribution < 1.29 is 13.2 Å². The Kier molecular flexibility index (Phi) is 4.87. The Bertz CT molecular complexity index is 1160. The van der Waals surface area contributed by atoms with Crippen molar-refractivity contribution in [1.82, 2.24) is 25.1 Å². The molecule has 6 nitrogen and oxygen atoms in total. The van der Waals surface area contributed by atoms with Gasteiger partial charge in [0.15, 0.2) is 0 Å². The van der Waals surface area contributed by atoms with Gasteiger partial charge < -0.3 is 5.32 Å². The Morgan fingerprint density at radius 3 is 2.45 bits per heavy atom. The van der Waals surface area contributed by atoms with E-state index in [1.54, 1.807) is 17.5 Å². The van der Waals surface area contributed by atoms with Gasteiger partial charge in [0.2, 0.25) is 5.82 Å². The zero-order chi connectivity index (χ0) is 20.6. The van der Waals surface area contributed by atoms with Crippen LogP contribution >= 0.6 is 11.3 Å². The number of hydrogen-bond acceptors (Lipinski definition) is 7. The van der Waals surface area contributed by atoms with Crippen LogP contribution in [0.5, 0.6) is 0 Å². The number of thiazole rings is 1. The maximum atomic E-state index is 12.7. The van der Waals surface area contributed by atoms with Gasteiger partial charge in [0.05, 0.1) is 23.4 Å². The summed E-state index contributed by atoms with van der Waals surface area (Å²) in [6.07, 6.45) is 1.19. The van der Waals surface area contributed by atoms with Crippen LogP contribution < -0.4 is 5.32 Å². The molecule has 0 saturated heterocycles. The number of nitrogens with zero attached hydrogens (tertiary/aromatic N) is 5. The van der Waals surface area contributed by atoms with E-state index < -0.39 is 12.0 Å². The van der Waals surface area contributed by atoms with Gasteiger partial charge in [-0.15, -0.1) is 11.3 Å². The summed E-state index contributed by atoms with van der Waals surface area (Å²) in [4.78, 5) is 12.4. The molecule has 0 unspecified atom stereocenters. The van der Waals surface area contributed by atoms with E-state index in [0.29, 0.717) is 16.8 Å². The third-order valence-corrected chi connectivity index (χ3v) is 5.27. The predicted molar refractivity (Wildman–Crippen MR) is 104 cm³/mol. The lowest BCUT2D eigenvalue weighted by Gasteiger charge is -2.17. The first-order valence-electron chi connectivity index (χ1n) is 8.65. The molecule has 0 spiro atoms. The number of rotatable bonds is 4. The number of hydrogen-bond donors (Lipinski definition) is 1. The maximum Gasteiger partial charge on any atom is 0.451 e. The van der Waals surface area contributed by atoms with Crippen molar-refractivity contribution in [3.8, 4) is 10.6 Å². The second-order valence-corrected chi connectivity index (χ2v) is 7.70. The van der Waals surface area contributed by atoms with Gasteiger partial charge in [-0.05, 0) is 32.0 Å². The van der Waals surface area contributed by atoms with Gasteiger partial charge in [0.1, 0.15) is 5.01 Å². The zero-order valence-electron chi connectivity index (χ0n) is 15.4. The molecular formula is C19H15F3N6S. The minimum atomic E-state index is -4.56. The van der Waals surface area contributed by atoms with E-state index in [1.807, 2.05) is 38.2 Å². The lowest BCUT2D eigenvalue weighted by Crippen LogP contribution is -2.13. The summed E-state index contributed by atoms with van der Waals surface area (Å²) >= 11 is 1.59. The summed E-state index contributed by atoms with van der Waals surface area (Å²) in [6, 6.07) is 5.44. The third kappa shape index (κ3) is 4.02. The molecule has 10 heteroatoms. The number of alkyl halides is 3. The maximum absolute atomic E-state index is 12.7. The van der Waals surface area contributed by atoms with Crippen molar-refractivity contribution in [2.45, 2.75) is 26.1 Å². The normalized spacial score (nSPS) is 12.9. The quantitative estimate of drug-likeness (QED) is 0.502.